The second-order valence-electron chi connectivity index (χ2n) is 5.65. The number of benzene rings is 2. The number of rotatable bonds is 4. The second-order valence-corrected chi connectivity index (χ2v) is 6.06. The van der Waals surface area contributed by atoms with Crippen LogP contribution >= 0.6 is 11.6 Å². The van der Waals surface area contributed by atoms with Crippen LogP contribution in [-0.2, 0) is 11.3 Å². The Kier molecular flexibility index (Phi) is 5.10. The van der Waals surface area contributed by atoms with Gasteiger partial charge in [-0.2, -0.15) is 0 Å². The molecule has 126 valence electrons. The maximum absolute atomic E-state index is 13.9. The van der Waals surface area contributed by atoms with Gasteiger partial charge in [0, 0.05) is 47.4 Å². The lowest BCUT2D eigenvalue weighted by Crippen LogP contribution is -2.24. The first kappa shape index (κ1) is 17.1. The molecule has 0 aliphatic carbocycles. The van der Waals surface area contributed by atoms with Crippen LogP contribution in [0.3, 0.4) is 0 Å². The predicted octanol–water partition coefficient (Wildman–Crippen LogP) is 4.70. The van der Waals surface area contributed by atoms with E-state index in [4.69, 9.17) is 11.6 Å². The van der Waals surface area contributed by atoms with E-state index in [1.807, 2.05) is 30.3 Å². The summed E-state index contributed by atoms with van der Waals surface area (Å²) in [5.74, 6) is -0.665. The molecule has 3 rings (SSSR count). The number of amides is 1. The third kappa shape index (κ3) is 3.86. The van der Waals surface area contributed by atoms with Crippen LogP contribution in [0.4, 0.5) is 4.39 Å². The molecule has 0 spiro atoms. The highest BCUT2D eigenvalue weighted by Gasteiger charge is 2.12. The molecule has 25 heavy (non-hydrogen) atoms. The maximum Gasteiger partial charge on any atom is 0.246 e. The fourth-order valence-electron chi connectivity index (χ4n) is 2.55. The Labute approximate surface area is 150 Å². The summed E-state index contributed by atoms with van der Waals surface area (Å²) >= 11 is 6.01. The highest BCUT2D eigenvalue weighted by atomic mass is 35.5. The zero-order chi connectivity index (χ0) is 17.8. The number of carbonyl (C=O) groups is 1. The van der Waals surface area contributed by atoms with Crippen molar-refractivity contribution in [2.75, 3.05) is 7.05 Å². The topological polar surface area (TPSA) is 33.2 Å². The molecule has 0 aliphatic heterocycles. The normalized spacial score (nSPS) is 11.2. The highest BCUT2D eigenvalue weighted by Crippen LogP contribution is 2.21. The molecule has 5 heteroatoms. The number of likely N-dealkylation sites (N-methyl/N-ethyl adjacent to an activating group) is 1. The summed E-state index contributed by atoms with van der Waals surface area (Å²) in [5, 5.41) is 1.31. The number of pyridine rings is 1. The number of fused-ring (bicyclic) bond motifs is 1. The van der Waals surface area contributed by atoms with Crippen molar-refractivity contribution in [2.24, 2.45) is 0 Å². The van der Waals surface area contributed by atoms with Crippen LogP contribution < -0.4 is 0 Å². The maximum atomic E-state index is 13.9. The Hall–Kier alpha value is -2.72. The van der Waals surface area contributed by atoms with Crippen LogP contribution in [0.1, 0.15) is 11.1 Å². The first-order valence-electron chi connectivity index (χ1n) is 7.76. The number of hydrogen-bond donors (Lipinski definition) is 0. The number of carbonyl (C=O) groups excluding carboxylic acids is 1. The van der Waals surface area contributed by atoms with Crippen molar-refractivity contribution >= 4 is 34.5 Å². The molecule has 0 radical (unpaired) electrons. The molecule has 0 N–H and O–H groups in total. The number of nitrogens with zero attached hydrogens (tertiary/aromatic N) is 2. The van der Waals surface area contributed by atoms with Crippen molar-refractivity contribution in [3.8, 4) is 0 Å². The summed E-state index contributed by atoms with van der Waals surface area (Å²) < 4.78 is 13.9. The van der Waals surface area contributed by atoms with Gasteiger partial charge in [-0.3, -0.25) is 9.78 Å². The summed E-state index contributed by atoms with van der Waals surface area (Å²) in [6, 6.07) is 14.1. The molecule has 1 amide bonds. The molecule has 0 aliphatic rings. The summed E-state index contributed by atoms with van der Waals surface area (Å²) in [6.45, 7) is 0.0997. The van der Waals surface area contributed by atoms with Crippen LogP contribution in [0.25, 0.3) is 17.0 Å². The van der Waals surface area contributed by atoms with Gasteiger partial charge in [0.05, 0.1) is 5.52 Å². The van der Waals surface area contributed by atoms with E-state index in [0.717, 1.165) is 16.5 Å². The van der Waals surface area contributed by atoms with Crippen molar-refractivity contribution in [1.29, 1.82) is 0 Å². The molecule has 0 fully saturated rings. The van der Waals surface area contributed by atoms with E-state index in [0.29, 0.717) is 10.6 Å². The molecule has 0 atom stereocenters. The monoisotopic (exact) mass is 354 g/mol. The average Bonchev–Trinajstić information content (AvgIpc) is 2.62. The highest BCUT2D eigenvalue weighted by molar-refractivity contribution is 6.31. The van der Waals surface area contributed by atoms with Crippen LogP contribution in [0, 0.1) is 5.82 Å². The standard InChI is InChI=1S/C20H16ClFN2O/c1-24(13-16-17(21)8-3-9-18(16)22)19(25)11-10-15-6-2-5-14-7-4-12-23-20(14)15/h2-12H,13H2,1H3/b11-10+. The lowest BCUT2D eigenvalue weighted by Gasteiger charge is -2.16. The third-order valence-electron chi connectivity index (χ3n) is 3.90. The molecule has 3 nitrogen and oxygen atoms in total. The van der Waals surface area contributed by atoms with Gasteiger partial charge in [0.1, 0.15) is 5.82 Å². The summed E-state index contributed by atoms with van der Waals surface area (Å²) in [6.07, 6.45) is 4.89. The van der Waals surface area contributed by atoms with E-state index in [-0.39, 0.29) is 12.5 Å². The molecule has 0 saturated carbocycles. The van der Waals surface area contributed by atoms with E-state index in [1.165, 1.54) is 23.1 Å². The number of hydrogen-bond acceptors (Lipinski definition) is 2. The minimum atomic E-state index is -0.422. The molecule has 1 heterocycles. The Bertz CT molecular complexity index is 930. The van der Waals surface area contributed by atoms with E-state index in [9.17, 15) is 9.18 Å². The van der Waals surface area contributed by atoms with Gasteiger partial charge in [0.2, 0.25) is 5.91 Å². The molecular formula is C20H16ClFN2O. The average molecular weight is 355 g/mol. The van der Waals surface area contributed by atoms with Crippen LogP contribution in [-0.4, -0.2) is 22.8 Å². The van der Waals surface area contributed by atoms with Crippen molar-refractivity contribution in [3.05, 3.63) is 82.8 Å². The van der Waals surface area contributed by atoms with Gasteiger partial charge in [-0.1, -0.05) is 41.9 Å². The van der Waals surface area contributed by atoms with E-state index in [2.05, 4.69) is 4.98 Å². The Morgan fingerprint density at radius 1 is 1.20 bits per heavy atom. The zero-order valence-electron chi connectivity index (χ0n) is 13.6. The largest absolute Gasteiger partial charge is 0.338 e. The summed E-state index contributed by atoms with van der Waals surface area (Å²) in [4.78, 5) is 18.1. The minimum absolute atomic E-state index is 0.0997. The lowest BCUT2D eigenvalue weighted by atomic mass is 10.1. The van der Waals surface area contributed by atoms with Crippen LogP contribution in [0.15, 0.2) is 60.8 Å². The van der Waals surface area contributed by atoms with E-state index >= 15 is 0 Å². The first-order chi connectivity index (χ1) is 12.1. The summed E-state index contributed by atoms with van der Waals surface area (Å²) in [5.41, 5.74) is 1.98. The molecule has 3 aromatic rings. The minimum Gasteiger partial charge on any atom is -0.338 e. The Morgan fingerprint density at radius 3 is 2.76 bits per heavy atom. The van der Waals surface area contributed by atoms with E-state index < -0.39 is 5.82 Å². The number of aromatic nitrogens is 1. The van der Waals surface area contributed by atoms with Gasteiger partial charge < -0.3 is 4.90 Å². The van der Waals surface area contributed by atoms with Gasteiger partial charge >= 0.3 is 0 Å². The van der Waals surface area contributed by atoms with Crippen LogP contribution in [0.2, 0.25) is 5.02 Å². The predicted molar refractivity (Wildman–Crippen MR) is 98.7 cm³/mol. The number of halogens is 2. The fourth-order valence-corrected chi connectivity index (χ4v) is 2.77. The van der Waals surface area contributed by atoms with Gasteiger partial charge in [0.15, 0.2) is 0 Å². The molecule has 0 unspecified atom stereocenters. The Balaban J connectivity index is 1.78. The molecular weight excluding hydrogens is 339 g/mol. The third-order valence-corrected chi connectivity index (χ3v) is 4.26. The molecule has 2 aromatic carbocycles. The van der Waals surface area contributed by atoms with Crippen molar-refractivity contribution in [3.63, 3.8) is 0 Å². The fraction of sp³-hybridized carbons (Fsp3) is 0.100. The van der Waals surface area contributed by atoms with Crippen molar-refractivity contribution < 1.29 is 9.18 Å². The molecule has 0 bridgehead atoms. The van der Waals surface area contributed by atoms with Crippen LogP contribution in [0.5, 0.6) is 0 Å². The second kappa shape index (κ2) is 7.45. The quantitative estimate of drug-likeness (QED) is 0.636. The summed E-state index contributed by atoms with van der Waals surface area (Å²) in [7, 11) is 1.61. The van der Waals surface area contributed by atoms with Gasteiger partial charge in [-0.25, -0.2) is 4.39 Å². The molecule has 0 saturated heterocycles. The molecule has 1 aromatic heterocycles. The zero-order valence-corrected chi connectivity index (χ0v) is 14.4. The Morgan fingerprint density at radius 2 is 1.96 bits per heavy atom. The van der Waals surface area contributed by atoms with Crippen molar-refractivity contribution in [2.45, 2.75) is 6.54 Å². The SMILES string of the molecule is CN(Cc1c(F)cccc1Cl)C(=O)/C=C/c1cccc2cccnc12. The smallest absolute Gasteiger partial charge is 0.246 e. The first-order valence-corrected chi connectivity index (χ1v) is 8.14. The lowest BCUT2D eigenvalue weighted by molar-refractivity contribution is -0.125. The van der Waals surface area contributed by atoms with Crippen molar-refractivity contribution in [1.82, 2.24) is 9.88 Å². The van der Waals surface area contributed by atoms with Gasteiger partial charge in [-0.15, -0.1) is 0 Å². The van der Waals surface area contributed by atoms with Gasteiger partial charge in [-0.05, 0) is 24.3 Å². The van der Waals surface area contributed by atoms with Gasteiger partial charge in [0.25, 0.3) is 0 Å². The number of para-hydroxylation sites is 1. The van der Waals surface area contributed by atoms with E-state index in [1.54, 1.807) is 25.4 Å².